The van der Waals surface area contributed by atoms with Crippen LogP contribution in [0, 0.1) is 31.0 Å². The van der Waals surface area contributed by atoms with E-state index >= 15 is 0 Å². The summed E-state index contributed by atoms with van der Waals surface area (Å²) >= 11 is 1.17. The minimum absolute atomic E-state index is 0.124. The van der Waals surface area contributed by atoms with E-state index < -0.39 is 0 Å². The van der Waals surface area contributed by atoms with Crippen LogP contribution >= 0.6 is 11.8 Å². The van der Waals surface area contributed by atoms with Crippen LogP contribution in [-0.2, 0) is 4.79 Å². The largest absolute Gasteiger partial charge is 0.311 e. The zero-order valence-electron chi connectivity index (χ0n) is 13.8. The van der Waals surface area contributed by atoms with Gasteiger partial charge in [-0.2, -0.15) is 5.26 Å². The highest BCUT2D eigenvalue weighted by Gasteiger charge is 2.17. The van der Waals surface area contributed by atoms with Gasteiger partial charge in [-0.3, -0.25) is 4.79 Å². The van der Waals surface area contributed by atoms with E-state index in [0.29, 0.717) is 11.4 Å². The predicted octanol–water partition coefficient (Wildman–Crippen LogP) is 4.48. The molecule has 2 aromatic rings. The summed E-state index contributed by atoms with van der Waals surface area (Å²) < 4.78 is 13.7. The number of thioether (sulfide) groups is 1. The molecule has 2 aromatic carbocycles. The summed E-state index contributed by atoms with van der Waals surface area (Å²) in [5, 5.41) is 8.84. The average Bonchev–Trinajstić information content (AvgIpc) is 2.57. The molecule has 0 atom stereocenters. The number of halogens is 1. The second-order valence-corrected chi connectivity index (χ2v) is 6.46. The molecular weight excluding hydrogens is 323 g/mol. The maximum absolute atomic E-state index is 13.7. The standard InChI is InChI=1S/C19H19FN2OS/c1-14-8-9-16(12-15(14)2)22(11-5-10-21)19(23)13-24-18-7-4-3-6-17(18)20/h3-4,6-9,12H,5,11,13H2,1-2H3. The van der Waals surface area contributed by atoms with Crippen LogP contribution in [0.2, 0.25) is 0 Å². The lowest BCUT2D eigenvalue weighted by Crippen LogP contribution is -2.33. The van der Waals surface area contributed by atoms with Crippen LogP contribution in [0.25, 0.3) is 0 Å². The van der Waals surface area contributed by atoms with E-state index in [4.69, 9.17) is 5.26 Å². The van der Waals surface area contributed by atoms with Crippen molar-refractivity contribution in [2.75, 3.05) is 17.2 Å². The van der Waals surface area contributed by atoms with Crippen LogP contribution in [0.4, 0.5) is 10.1 Å². The van der Waals surface area contributed by atoms with Gasteiger partial charge in [-0.1, -0.05) is 18.2 Å². The molecule has 5 heteroatoms. The summed E-state index contributed by atoms with van der Waals surface area (Å²) in [6.07, 6.45) is 0.253. The fraction of sp³-hybridized carbons (Fsp3) is 0.263. The third kappa shape index (κ3) is 4.59. The number of hydrogen-bond donors (Lipinski definition) is 0. The highest BCUT2D eigenvalue weighted by molar-refractivity contribution is 8.00. The van der Waals surface area contributed by atoms with E-state index in [1.54, 1.807) is 23.1 Å². The van der Waals surface area contributed by atoms with E-state index in [9.17, 15) is 9.18 Å². The second kappa shape index (κ2) is 8.51. The van der Waals surface area contributed by atoms with Crippen LogP contribution < -0.4 is 4.90 Å². The summed E-state index contributed by atoms with van der Waals surface area (Å²) in [4.78, 5) is 14.7. The molecule has 0 saturated heterocycles. The molecule has 124 valence electrons. The van der Waals surface area contributed by atoms with Gasteiger partial charge in [-0.05, 0) is 49.2 Å². The summed E-state index contributed by atoms with van der Waals surface area (Å²) in [6, 6.07) is 14.3. The Kier molecular flexibility index (Phi) is 6.39. The van der Waals surface area contributed by atoms with Crippen LogP contribution in [0.3, 0.4) is 0 Å². The lowest BCUT2D eigenvalue weighted by Gasteiger charge is -2.22. The molecule has 0 spiro atoms. The molecule has 2 rings (SSSR count). The molecule has 0 unspecified atom stereocenters. The monoisotopic (exact) mass is 342 g/mol. The number of carbonyl (C=O) groups is 1. The van der Waals surface area contributed by atoms with Crippen LogP contribution in [-0.4, -0.2) is 18.2 Å². The number of amides is 1. The number of anilines is 1. The van der Waals surface area contributed by atoms with Crippen molar-refractivity contribution < 1.29 is 9.18 Å². The van der Waals surface area contributed by atoms with Crippen molar-refractivity contribution in [2.24, 2.45) is 0 Å². The van der Waals surface area contributed by atoms with Crippen LogP contribution in [0.5, 0.6) is 0 Å². The molecule has 0 N–H and O–H groups in total. The SMILES string of the molecule is Cc1ccc(N(CCC#N)C(=O)CSc2ccccc2F)cc1C. The molecular formula is C19H19FN2OS. The Hall–Kier alpha value is -2.32. The molecule has 0 aliphatic carbocycles. The van der Waals surface area contributed by atoms with Gasteiger partial charge in [0.1, 0.15) is 5.82 Å². The van der Waals surface area contributed by atoms with Gasteiger partial charge in [-0.15, -0.1) is 11.8 Å². The van der Waals surface area contributed by atoms with E-state index in [2.05, 4.69) is 6.07 Å². The molecule has 24 heavy (non-hydrogen) atoms. The minimum Gasteiger partial charge on any atom is -0.311 e. The molecule has 0 aliphatic heterocycles. The maximum atomic E-state index is 13.7. The number of hydrogen-bond acceptors (Lipinski definition) is 3. The quantitative estimate of drug-likeness (QED) is 0.727. The first kappa shape index (κ1) is 18.0. The highest BCUT2D eigenvalue weighted by atomic mass is 32.2. The fourth-order valence-corrected chi connectivity index (χ4v) is 3.05. The fourth-order valence-electron chi connectivity index (χ4n) is 2.23. The highest BCUT2D eigenvalue weighted by Crippen LogP contribution is 2.24. The van der Waals surface area contributed by atoms with Gasteiger partial charge >= 0.3 is 0 Å². The predicted molar refractivity (Wildman–Crippen MR) is 95.6 cm³/mol. The van der Waals surface area contributed by atoms with Gasteiger partial charge in [0, 0.05) is 17.1 Å². The van der Waals surface area contributed by atoms with Gasteiger partial charge < -0.3 is 4.90 Å². The van der Waals surface area contributed by atoms with E-state index in [1.807, 2.05) is 32.0 Å². The van der Waals surface area contributed by atoms with Gasteiger partial charge in [-0.25, -0.2) is 4.39 Å². The lowest BCUT2D eigenvalue weighted by atomic mass is 10.1. The molecule has 0 aliphatic rings. The number of rotatable bonds is 6. The topological polar surface area (TPSA) is 44.1 Å². The third-order valence-corrected chi connectivity index (χ3v) is 4.77. The van der Waals surface area contributed by atoms with Crippen molar-refractivity contribution in [3.05, 3.63) is 59.4 Å². The Morgan fingerprint density at radius 2 is 1.96 bits per heavy atom. The van der Waals surface area contributed by atoms with Crippen molar-refractivity contribution in [2.45, 2.75) is 25.2 Å². The normalized spacial score (nSPS) is 10.2. The lowest BCUT2D eigenvalue weighted by molar-refractivity contribution is -0.116. The molecule has 0 bridgehead atoms. The van der Waals surface area contributed by atoms with Crippen molar-refractivity contribution >= 4 is 23.4 Å². The molecule has 0 radical (unpaired) electrons. The number of carbonyl (C=O) groups excluding carboxylic acids is 1. The first-order chi connectivity index (χ1) is 11.5. The zero-order chi connectivity index (χ0) is 17.5. The zero-order valence-corrected chi connectivity index (χ0v) is 14.6. The first-order valence-electron chi connectivity index (χ1n) is 7.65. The Morgan fingerprint density at radius 3 is 2.62 bits per heavy atom. The molecule has 0 heterocycles. The van der Waals surface area contributed by atoms with Crippen LogP contribution in [0.1, 0.15) is 17.5 Å². The molecule has 0 fully saturated rings. The van der Waals surface area contributed by atoms with E-state index in [1.165, 1.54) is 17.8 Å². The molecule has 3 nitrogen and oxygen atoms in total. The Morgan fingerprint density at radius 1 is 1.21 bits per heavy atom. The van der Waals surface area contributed by atoms with Gasteiger partial charge in [0.15, 0.2) is 0 Å². The molecule has 1 amide bonds. The second-order valence-electron chi connectivity index (χ2n) is 5.44. The number of nitriles is 1. The summed E-state index contributed by atoms with van der Waals surface area (Å²) in [5.74, 6) is -0.342. The van der Waals surface area contributed by atoms with E-state index in [-0.39, 0.29) is 23.9 Å². The number of aryl methyl sites for hydroxylation is 2. The first-order valence-corrected chi connectivity index (χ1v) is 8.63. The van der Waals surface area contributed by atoms with Gasteiger partial charge in [0.25, 0.3) is 0 Å². The average molecular weight is 342 g/mol. The summed E-state index contributed by atoms with van der Waals surface area (Å²) in [7, 11) is 0. The van der Waals surface area contributed by atoms with E-state index in [0.717, 1.165) is 16.8 Å². The van der Waals surface area contributed by atoms with Crippen molar-refractivity contribution in [3.63, 3.8) is 0 Å². The van der Waals surface area contributed by atoms with Crippen LogP contribution in [0.15, 0.2) is 47.4 Å². The van der Waals surface area contributed by atoms with Crippen molar-refractivity contribution in [1.82, 2.24) is 0 Å². The smallest absolute Gasteiger partial charge is 0.237 e. The van der Waals surface area contributed by atoms with Crippen molar-refractivity contribution in [3.8, 4) is 6.07 Å². The van der Waals surface area contributed by atoms with Crippen molar-refractivity contribution in [1.29, 1.82) is 5.26 Å². The summed E-state index contributed by atoms with van der Waals surface area (Å²) in [6.45, 7) is 4.32. The van der Waals surface area contributed by atoms with Gasteiger partial charge in [0.05, 0.1) is 18.2 Å². The number of benzene rings is 2. The Bertz CT molecular complexity index is 770. The Labute approximate surface area is 146 Å². The van der Waals surface area contributed by atoms with Gasteiger partial charge in [0.2, 0.25) is 5.91 Å². The molecule has 0 saturated carbocycles. The summed E-state index contributed by atoms with van der Waals surface area (Å²) in [5.41, 5.74) is 3.00. The molecule has 0 aromatic heterocycles. The Balaban J connectivity index is 2.14. The minimum atomic E-state index is -0.329. The maximum Gasteiger partial charge on any atom is 0.237 e. The third-order valence-electron chi connectivity index (χ3n) is 3.74. The number of nitrogens with zero attached hydrogens (tertiary/aromatic N) is 2.